The van der Waals surface area contributed by atoms with Crippen molar-refractivity contribution in [1.29, 1.82) is 0 Å². The van der Waals surface area contributed by atoms with Crippen LogP contribution >= 0.6 is 11.6 Å². The molecule has 0 saturated heterocycles. The fourth-order valence-electron chi connectivity index (χ4n) is 3.97. The number of anilines is 1. The van der Waals surface area contributed by atoms with Gasteiger partial charge >= 0.3 is 5.97 Å². The molecule has 204 valence electrons. The first kappa shape index (κ1) is 27.6. The Hall–Kier alpha value is -4.99. The van der Waals surface area contributed by atoms with Crippen molar-refractivity contribution in [3.8, 4) is 5.75 Å². The molecule has 8 nitrogen and oxygen atoms in total. The summed E-state index contributed by atoms with van der Waals surface area (Å²) in [6, 6.07) is 31.3. The van der Waals surface area contributed by atoms with Gasteiger partial charge in [0, 0.05) is 21.8 Å². The molecule has 0 fully saturated rings. The molecular formula is C31H22ClN3O5S. The number of fused-ring (bicyclic) bond motifs is 1. The van der Waals surface area contributed by atoms with Gasteiger partial charge in [-0.3, -0.25) is 9.52 Å². The summed E-state index contributed by atoms with van der Waals surface area (Å²) >= 11 is 5.83. The van der Waals surface area contributed by atoms with E-state index >= 15 is 0 Å². The number of esters is 1. The van der Waals surface area contributed by atoms with Crippen molar-refractivity contribution < 1.29 is 22.7 Å². The highest BCUT2D eigenvalue weighted by Gasteiger charge is 2.15. The fourth-order valence-corrected chi connectivity index (χ4v) is 5.15. The maximum absolute atomic E-state index is 12.7. The molecule has 5 aromatic carbocycles. The molecule has 0 aliphatic rings. The Morgan fingerprint density at radius 1 is 0.756 bits per heavy atom. The summed E-state index contributed by atoms with van der Waals surface area (Å²) in [5, 5.41) is 6.20. The number of amides is 1. The average molecular weight is 584 g/mol. The Balaban J connectivity index is 1.31. The van der Waals surface area contributed by atoms with Crippen LogP contribution in [0.1, 0.15) is 26.3 Å². The van der Waals surface area contributed by atoms with E-state index in [0.29, 0.717) is 16.1 Å². The first-order chi connectivity index (χ1) is 19.8. The van der Waals surface area contributed by atoms with Gasteiger partial charge < -0.3 is 4.74 Å². The topological polar surface area (TPSA) is 114 Å². The van der Waals surface area contributed by atoms with E-state index in [-0.39, 0.29) is 21.9 Å². The third-order valence-electron chi connectivity index (χ3n) is 6.03. The summed E-state index contributed by atoms with van der Waals surface area (Å²) in [5.74, 6) is -0.754. The largest absolute Gasteiger partial charge is 0.422 e. The van der Waals surface area contributed by atoms with Crippen molar-refractivity contribution in [2.24, 2.45) is 5.10 Å². The van der Waals surface area contributed by atoms with Crippen LogP contribution in [-0.4, -0.2) is 26.5 Å². The lowest BCUT2D eigenvalue weighted by atomic mass is 10.0. The van der Waals surface area contributed by atoms with E-state index < -0.39 is 21.9 Å². The van der Waals surface area contributed by atoms with Crippen LogP contribution in [0.3, 0.4) is 0 Å². The Bertz CT molecular complexity index is 1860. The quantitative estimate of drug-likeness (QED) is 0.0966. The highest BCUT2D eigenvalue weighted by atomic mass is 35.5. The van der Waals surface area contributed by atoms with Crippen LogP contribution < -0.4 is 14.9 Å². The van der Waals surface area contributed by atoms with Crippen LogP contribution in [0, 0.1) is 0 Å². The van der Waals surface area contributed by atoms with E-state index in [1.165, 1.54) is 54.7 Å². The van der Waals surface area contributed by atoms with E-state index in [9.17, 15) is 18.0 Å². The van der Waals surface area contributed by atoms with Crippen LogP contribution in [0.5, 0.6) is 5.75 Å². The molecule has 0 heterocycles. The number of hydrazone groups is 1. The summed E-state index contributed by atoms with van der Waals surface area (Å²) in [4.78, 5) is 25.5. The van der Waals surface area contributed by atoms with Crippen LogP contribution in [0.2, 0.25) is 5.02 Å². The molecule has 2 N–H and O–H groups in total. The number of benzene rings is 5. The van der Waals surface area contributed by atoms with Crippen LogP contribution in [-0.2, 0) is 10.0 Å². The van der Waals surface area contributed by atoms with Crippen LogP contribution in [0.25, 0.3) is 10.8 Å². The first-order valence-electron chi connectivity index (χ1n) is 12.3. The summed E-state index contributed by atoms with van der Waals surface area (Å²) in [5.41, 5.74) is 3.91. The molecule has 0 aliphatic heterocycles. The number of hydrogen-bond acceptors (Lipinski definition) is 6. The normalized spacial score (nSPS) is 11.3. The van der Waals surface area contributed by atoms with Gasteiger partial charge in [0.25, 0.3) is 15.9 Å². The van der Waals surface area contributed by atoms with Gasteiger partial charge in [0.15, 0.2) is 0 Å². The Labute approximate surface area is 241 Å². The second-order valence-corrected chi connectivity index (χ2v) is 10.9. The minimum absolute atomic E-state index is 0.0558. The lowest BCUT2D eigenvalue weighted by molar-refractivity contribution is 0.0734. The maximum atomic E-state index is 12.7. The van der Waals surface area contributed by atoms with Crippen molar-refractivity contribution in [2.45, 2.75) is 4.90 Å². The zero-order valence-electron chi connectivity index (χ0n) is 21.3. The molecule has 10 heteroatoms. The van der Waals surface area contributed by atoms with Crippen molar-refractivity contribution in [3.63, 3.8) is 0 Å². The minimum atomic E-state index is -3.83. The maximum Gasteiger partial charge on any atom is 0.343 e. The molecule has 41 heavy (non-hydrogen) atoms. The average Bonchev–Trinajstić information content (AvgIpc) is 2.98. The summed E-state index contributed by atoms with van der Waals surface area (Å²) in [6.07, 6.45) is 1.42. The number of carbonyl (C=O) groups excluding carboxylic acids is 2. The second kappa shape index (κ2) is 12.0. The van der Waals surface area contributed by atoms with Gasteiger partial charge in [-0.15, -0.1) is 0 Å². The zero-order chi connectivity index (χ0) is 28.8. The lowest BCUT2D eigenvalue weighted by Crippen LogP contribution is -2.18. The van der Waals surface area contributed by atoms with Crippen LogP contribution in [0.15, 0.2) is 125 Å². The van der Waals surface area contributed by atoms with Crippen molar-refractivity contribution in [1.82, 2.24) is 5.43 Å². The van der Waals surface area contributed by atoms with Gasteiger partial charge in [0.1, 0.15) is 5.75 Å². The van der Waals surface area contributed by atoms with Gasteiger partial charge in [-0.25, -0.2) is 18.6 Å². The molecule has 0 atom stereocenters. The highest BCUT2D eigenvalue weighted by Crippen LogP contribution is 2.27. The molecule has 0 saturated carbocycles. The molecule has 0 aromatic heterocycles. The van der Waals surface area contributed by atoms with Crippen molar-refractivity contribution in [2.75, 3.05) is 4.72 Å². The molecular weight excluding hydrogens is 562 g/mol. The number of nitrogens with zero attached hydrogens (tertiary/aromatic N) is 1. The number of nitrogens with one attached hydrogen (secondary N) is 2. The van der Waals surface area contributed by atoms with E-state index in [1.54, 1.807) is 36.4 Å². The van der Waals surface area contributed by atoms with Gasteiger partial charge in [0.2, 0.25) is 0 Å². The fraction of sp³-hybridized carbons (Fsp3) is 0. The smallest absolute Gasteiger partial charge is 0.343 e. The lowest BCUT2D eigenvalue weighted by Gasteiger charge is -2.11. The van der Waals surface area contributed by atoms with Crippen LogP contribution in [0.4, 0.5) is 5.69 Å². The number of sulfonamides is 1. The summed E-state index contributed by atoms with van der Waals surface area (Å²) in [7, 11) is -3.83. The number of rotatable bonds is 8. The zero-order valence-corrected chi connectivity index (χ0v) is 22.9. The molecule has 0 unspecified atom stereocenters. The monoisotopic (exact) mass is 583 g/mol. The van der Waals surface area contributed by atoms with E-state index in [2.05, 4.69) is 15.2 Å². The predicted molar refractivity (Wildman–Crippen MR) is 159 cm³/mol. The molecule has 0 aliphatic carbocycles. The standard InChI is InChI=1S/C31H22ClN3O5S/c32-24-13-17-26(18-14-24)41(38,39)35-25-15-10-22(11-16-25)30(36)34-33-20-28-27-9-5-4-6-21(27)12-19-29(28)40-31(37)23-7-2-1-3-8-23/h1-20,35H,(H,34,36)/b33-20+. The molecule has 5 rings (SSSR count). The number of halogens is 1. The number of carbonyl (C=O) groups is 2. The molecule has 0 bridgehead atoms. The van der Waals surface area contributed by atoms with Gasteiger partial charge in [-0.1, -0.05) is 60.1 Å². The molecule has 0 spiro atoms. The highest BCUT2D eigenvalue weighted by molar-refractivity contribution is 7.92. The Morgan fingerprint density at radius 3 is 2.17 bits per heavy atom. The third kappa shape index (κ3) is 6.60. The summed E-state index contributed by atoms with van der Waals surface area (Å²) < 4.78 is 33.3. The van der Waals surface area contributed by atoms with Crippen molar-refractivity contribution >= 4 is 56.2 Å². The SMILES string of the molecule is O=C(N/N=C/c1c(OC(=O)c2ccccc2)ccc2ccccc12)c1ccc(NS(=O)(=O)c2ccc(Cl)cc2)cc1. The number of hydrogen-bond donors (Lipinski definition) is 2. The molecule has 5 aromatic rings. The molecule has 1 amide bonds. The Morgan fingerprint density at radius 2 is 1.44 bits per heavy atom. The third-order valence-corrected chi connectivity index (χ3v) is 7.67. The predicted octanol–water partition coefficient (Wildman–Crippen LogP) is 6.28. The van der Waals surface area contributed by atoms with Gasteiger partial charge in [-0.05, 0) is 77.5 Å². The minimum Gasteiger partial charge on any atom is -0.422 e. The molecule has 0 radical (unpaired) electrons. The van der Waals surface area contributed by atoms with E-state index in [0.717, 1.165) is 10.8 Å². The van der Waals surface area contributed by atoms with Crippen molar-refractivity contribution in [3.05, 3.63) is 137 Å². The second-order valence-electron chi connectivity index (χ2n) is 8.79. The van der Waals surface area contributed by atoms with E-state index in [4.69, 9.17) is 16.3 Å². The van der Waals surface area contributed by atoms with Gasteiger partial charge in [-0.2, -0.15) is 5.10 Å². The summed E-state index contributed by atoms with van der Waals surface area (Å²) in [6.45, 7) is 0. The Kier molecular flexibility index (Phi) is 8.09. The first-order valence-corrected chi connectivity index (χ1v) is 14.2. The van der Waals surface area contributed by atoms with E-state index in [1.807, 2.05) is 30.3 Å². The van der Waals surface area contributed by atoms with Gasteiger partial charge in [0.05, 0.1) is 16.7 Å². The number of ether oxygens (including phenoxy) is 1.